The number of carbonyl (C=O) groups is 1. The molecule has 0 radical (unpaired) electrons. The van der Waals surface area contributed by atoms with Gasteiger partial charge in [0, 0.05) is 24.0 Å². The van der Waals surface area contributed by atoms with Gasteiger partial charge in [0.15, 0.2) is 17.0 Å². The van der Waals surface area contributed by atoms with Crippen LogP contribution in [0, 0.1) is 5.92 Å². The van der Waals surface area contributed by atoms with E-state index in [9.17, 15) is 18.0 Å². The van der Waals surface area contributed by atoms with Gasteiger partial charge in [0.05, 0.1) is 10.6 Å². The Kier molecular flexibility index (Phi) is 5.10. The number of amides is 1. The van der Waals surface area contributed by atoms with Gasteiger partial charge in [0.1, 0.15) is 0 Å². The van der Waals surface area contributed by atoms with E-state index < -0.39 is 11.9 Å². The summed E-state index contributed by atoms with van der Waals surface area (Å²) in [4.78, 5) is 20.6. The molecule has 0 unspecified atom stereocenters. The van der Waals surface area contributed by atoms with E-state index in [2.05, 4.69) is 17.0 Å². The normalized spacial score (nSPS) is 17.8. The Balaban J connectivity index is 1.79. The minimum Gasteiger partial charge on any atom is -0.337 e. The number of likely N-dealkylation sites (tertiary alicyclic amines) is 1. The van der Waals surface area contributed by atoms with E-state index in [4.69, 9.17) is 0 Å². The molecule has 29 heavy (non-hydrogen) atoms. The molecule has 3 aromatic heterocycles. The minimum atomic E-state index is -4.62. The number of carbonyl (C=O) groups excluding carboxylic acids is 1. The van der Waals surface area contributed by atoms with Gasteiger partial charge in [0.25, 0.3) is 5.91 Å². The van der Waals surface area contributed by atoms with E-state index in [1.54, 1.807) is 11.0 Å². The Morgan fingerprint density at radius 1 is 1.31 bits per heavy atom. The van der Waals surface area contributed by atoms with Crippen LogP contribution in [0.5, 0.6) is 0 Å². The third-order valence-corrected chi connectivity index (χ3v) is 6.40. The Hall–Kier alpha value is -2.42. The molecule has 3 aromatic rings. The third kappa shape index (κ3) is 3.88. The minimum absolute atomic E-state index is 0.00493. The zero-order chi connectivity index (χ0) is 20.8. The van der Waals surface area contributed by atoms with Crippen molar-refractivity contribution in [3.63, 3.8) is 0 Å². The molecule has 1 saturated heterocycles. The molecule has 9 heteroatoms. The van der Waals surface area contributed by atoms with E-state index in [0.29, 0.717) is 23.9 Å². The average molecular weight is 422 g/mol. The fraction of sp³-hybridized carbons (Fsp3) is 0.450. The molecule has 0 aliphatic carbocycles. The number of piperidine rings is 1. The van der Waals surface area contributed by atoms with Gasteiger partial charge in [-0.25, -0.2) is 9.50 Å². The lowest BCUT2D eigenvalue weighted by Crippen LogP contribution is -2.39. The second-order valence-electron chi connectivity index (χ2n) is 7.44. The summed E-state index contributed by atoms with van der Waals surface area (Å²) >= 11 is 1.42. The lowest BCUT2D eigenvalue weighted by molar-refractivity contribution is -0.142. The molecule has 1 aliphatic rings. The van der Waals surface area contributed by atoms with Crippen LogP contribution in [-0.2, 0) is 12.6 Å². The number of rotatable bonds is 3. The summed E-state index contributed by atoms with van der Waals surface area (Å²) in [5.74, 6) is 0.0212. The second-order valence-corrected chi connectivity index (χ2v) is 8.61. The molecule has 0 saturated carbocycles. The summed E-state index contributed by atoms with van der Waals surface area (Å²) in [6, 6.07) is 6.03. The van der Waals surface area contributed by atoms with Crippen molar-refractivity contribution in [2.45, 2.75) is 39.3 Å². The van der Waals surface area contributed by atoms with Crippen LogP contribution in [0.15, 0.2) is 24.3 Å². The molecule has 1 fully saturated rings. The summed E-state index contributed by atoms with van der Waals surface area (Å²) in [6.45, 7) is 5.23. The highest BCUT2D eigenvalue weighted by atomic mass is 32.1. The van der Waals surface area contributed by atoms with Crippen LogP contribution in [0.4, 0.5) is 13.2 Å². The summed E-state index contributed by atoms with van der Waals surface area (Å²) in [6.07, 6.45) is -1.89. The number of hydrogen-bond donors (Lipinski definition) is 0. The quantitative estimate of drug-likeness (QED) is 0.603. The van der Waals surface area contributed by atoms with Crippen molar-refractivity contribution in [2.24, 2.45) is 5.92 Å². The first-order valence-electron chi connectivity index (χ1n) is 9.62. The summed E-state index contributed by atoms with van der Waals surface area (Å²) in [5, 5.41) is 3.98. The number of hydrogen-bond acceptors (Lipinski definition) is 4. The van der Waals surface area contributed by atoms with E-state index in [-0.39, 0.29) is 22.9 Å². The predicted octanol–water partition coefficient (Wildman–Crippen LogP) is 4.91. The molecule has 4 heterocycles. The Morgan fingerprint density at radius 3 is 2.76 bits per heavy atom. The largest absolute Gasteiger partial charge is 0.433 e. The van der Waals surface area contributed by atoms with Crippen LogP contribution in [0.3, 0.4) is 0 Å². The summed E-state index contributed by atoms with van der Waals surface area (Å²) in [7, 11) is 0. The molecule has 5 nitrogen and oxygen atoms in total. The number of nitrogens with zero attached hydrogens (tertiary/aromatic N) is 4. The number of alkyl halides is 3. The van der Waals surface area contributed by atoms with E-state index >= 15 is 0 Å². The molecule has 1 aliphatic heterocycles. The van der Waals surface area contributed by atoms with Crippen LogP contribution in [0.25, 0.3) is 16.2 Å². The molecule has 0 bridgehead atoms. The molecular formula is C20H21F3N4OS. The number of thiophene rings is 1. The number of aromatic nitrogens is 3. The molecule has 1 amide bonds. The van der Waals surface area contributed by atoms with Crippen molar-refractivity contribution < 1.29 is 18.0 Å². The van der Waals surface area contributed by atoms with Gasteiger partial charge in [-0.2, -0.15) is 18.3 Å². The molecule has 0 spiro atoms. The van der Waals surface area contributed by atoms with Crippen molar-refractivity contribution in [3.8, 4) is 10.6 Å². The first-order chi connectivity index (χ1) is 13.8. The van der Waals surface area contributed by atoms with Gasteiger partial charge < -0.3 is 4.90 Å². The summed E-state index contributed by atoms with van der Waals surface area (Å²) < 4.78 is 41.9. The molecule has 0 aromatic carbocycles. The standard InChI is InChI=1S/C20H21F3N4OS/c1-3-13-6-7-16(29-13)14-9-17(20(21,22)23)27-18(24-14)10-15(25-27)19(28)26-8-4-5-12(2)11-26/h6-7,9-10,12H,3-5,8,11H2,1-2H3/t12-/m0/s1. The second kappa shape index (κ2) is 7.44. The molecule has 154 valence electrons. The fourth-order valence-corrected chi connectivity index (χ4v) is 4.56. The maximum absolute atomic E-state index is 13.7. The lowest BCUT2D eigenvalue weighted by Gasteiger charge is -2.30. The molecule has 1 atom stereocenters. The van der Waals surface area contributed by atoms with Crippen LogP contribution in [-0.4, -0.2) is 38.5 Å². The van der Waals surface area contributed by atoms with Crippen molar-refractivity contribution in [1.29, 1.82) is 0 Å². The van der Waals surface area contributed by atoms with Gasteiger partial charge in [-0.15, -0.1) is 11.3 Å². The maximum atomic E-state index is 13.7. The van der Waals surface area contributed by atoms with Crippen molar-refractivity contribution in [3.05, 3.63) is 40.5 Å². The highest BCUT2D eigenvalue weighted by molar-refractivity contribution is 7.15. The first-order valence-corrected chi connectivity index (χ1v) is 10.4. The van der Waals surface area contributed by atoms with Gasteiger partial charge in [-0.3, -0.25) is 4.79 Å². The van der Waals surface area contributed by atoms with E-state index in [1.165, 1.54) is 17.4 Å². The van der Waals surface area contributed by atoms with Crippen molar-refractivity contribution >= 4 is 22.9 Å². The molecular weight excluding hydrogens is 401 g/mol. The SMILES string of the molecule is CCc1ccc(-c2cc(C(F)(F)F)n3nc(C(=O)N4CCC[C@H](C)C4)cc3n2)s1. The lowest BCUT2D eigenvalue weighted by atomic mass is 10.0. The van der Waals surface area contributed by atoms with Crippen LogP contribution in [0.2, 0.25) is 0 Å². The molecule has 4 rings (SSSR count). The zero-order valence-electron chi connectivity index (χ0n) is 16.2. The first kappa shape index (κ1) is 19.9. The predicted molar refractivity (Wildman–Crippen MR) is 105 cm³/mol. The number of aryl methyl sites for hydroxylation is 1. The van der Waals surface area contributed by atoms with Gasteiger partial charge in [0.2, 0.25) is 0 Å². The van der Waals surface area contributed by atoms with Crippen molar-refractivity contribution in [1.82, 2.24) is 19.5 Å². The Bertz CT molecular complexity index is 1060. The highest BCUT2D eigenvalue weighted by Crippen LogP contribution is 2.34. The third-order valence-electron chi connectivity index (χ3n) is 5.14. The Morgan fingerprint density at radius 2 is 2.10 bits per heavy atom. The van der Waals surface area contributed by atoms with Crippen LogP contribution < -0.4 is 0 Å². The monoisotopic (exact) mass is 422 g/mol. The zero-order valence-corrected chi connectivity index (χ0v) is 17.0. The van der Waals surface area contributed by atoms with Crippen LogP contribution in [0.1, 0.15) is 47.7 Å². The average Bonchev–Trinajstić information content (AvgIpc) is 3.32. The van der Waals surface area contributed by atoms with Gasteiger partial charge in [-0.05, 0) is 43.4 Å². The summed E-state index contributed by atoms with van der Waals surface area (Å²) in [5.41, 5.74) is -0.681. The molecule has 0 N–H and O–H groups in total. The van der Waals surface area contributed by atoms with Gasteiger partial charge in [-0.1, -0.05) is 13.8 Å². The van der Waals surface area contributed by atoms with E-state index in [0.717, 1.165) is 34.7 Å². The Labute approximate surface area is 170 Å². The topological polar surface area (TPSA) is 50.5 Å². The number of halogens is 3. The number of fused-ring (bicyclic) bond motifs is 1. The van der Waals surface area contributed by atoms with Crippen molar-refractivity contribution in [2.75, 3.05) is 13.1 Å². The highest BCUT2D eigenvalue weighted by Gasteiger charge is 2.36. The van der Waals surface area contributed by atoms with Crippen LogP contribution >= 0.6 is 11.3 Å². The van der Waals surface area contributed by atoms with Gasteiger partial charge >= 0.3 is 6.18 Å². The van der Waals surface area contributed by atoms with E-state index in [1.807, 2.05) is 13.0 Å². The fourth-order valence-electron chi connectivity index (χ4n) is 3.65. The maximum Gasteiger partial charge on any atom is 0.433 e. The smallest absolute Gasteiger partial charge is 0.337 e.